The van der Waals surface area contributed by atoms with Gasteiger partial charge >= 0.3 is 0 Å². The van der Waals surface area contributed by atoms with Crippen molar-refractivity contribution in [2.75, 3.05) is 13.6 Å². The molecule has 0 unspecified atom stereocenters. The summed E-state index contributed by atoms with van der Waals surface area (Å²) < 4.78 is 6.14. The van der Waals surface area contributed by atoms with Crippen LogP contribution in [0.15, 0.2) is 0 Å². The minimum atomic E-state index is -0.0487. The number of nitrogens with zero attached hydrogens (tertiary/aromatic N) is 1. The Morgan fingerprint density at radius 3 is 2.07 bits per heavy atom. The van der Waals surface area contributed by atoms with Crippen molar-refractivity contribution < 1.29 is 4.74 Å². The second kappa shape index (κ2) is 3.82. The Hall–Kier alpha value is -0.0800. The first kappa shape index (κ1) is 12.0. The number of likely N-dealkylation sites (tertiary alicyclic amines) is 1. The van der Waals surface area contributed by atoms with Gasteiger partial charge in [-0.3, -0.25) is 0 Å². The molecule has 1 heterocycles. The first-order chi connectivity index (χ1) is 6.22. The lowest BCUT2D eigenvalue weighted by molar-refractivity contribution is -0.141. The summed E-state index contributed by atoms with van der Waals surface area (Å²) in [7, 11) is 2.20. The van der Waals surface area contributed by atoms with Gasteiger partial charge in [-0.15, -0.1) is 0 Å². The van der Waals surface area contributed by atoms with E-state index in [4.69, 9.17) is 4.74 Å². The van der Waals surface area contributed by atoms with E-state index in [1.165, 1.54) is 19.4 Å². The molecule has 84 valence electrons. The molecule has 1 saturated heterocycles. The van der Waals surface area contributed by atoms with Crippen LogP contribution >= 0.6 is 0 Å². The maximum atomic E-state index is 6.14. The molecule has 1 aliphatic heterocycles. The molecule has 0 spiro atoms. The quantitative estimate of drug-likeness (QED) is 0.678. The maximum absolute atomic E-state index is 6.14. The fraction of sp³-hybridized carbons (Fsp3) is 1.00. The van der Waals surface area contributed by atoms with E-state index < -0.39 is 0 Å². The summed E-state index contributed by atoms with van der Waals surface area (Å²) in [6.07, 6.45) is 2.57. The summed E-state index contributed by atoms with van der Waals surface area (Å²) in [5.74, 6) is 0. The molecule has 0 N–H and O–H groups in total. The highest BCUT2D eigenvalue weighted by Gasteiger charge is 2.38. The normalized spacial score (nSPS) is 25.7. The third-order valence-corrected chi connectivity index (χ3v) is 2.89. The molecule has 0 aromatic rings. The number of likely N-dealkylation sites (N-methyl/N-ethyl adjacent to an activating group) is 1. The minimum absolute atomic E-state index is 0.0382. The van der Waals surface area contributed by atoms with E-state index in [-0.39, 0.29) is 11.2 Å². The average Bonchev–Trinajstić information content (AvgIpc) is 2.29. The first-order valence-electron chi connectivity index (χ1n) is 5.63. The molecule has 2 heteroatoms. The number of rotatable bonds is 2. The fourth-order valence-electron chi connectivity index (χ4n) is 2.65. The lowest BCUT2D eigenvalue weighted by atomic mass is 9.95. The molecule has 0 aliphatic carbocycles. The van der Waals surface area contributed by atoms with Crippen molar-refractivity contribution in [1.29, 1.82) is 0 Å². The van der Waals surface area contributed by atoms with Crippen LogP contribution < -0.4 is 0 Å². The van der Waals surface area contributed by atoms with Crippen LogP contribution in [0.25, 0.3) is 0 Å². The Morgan fingerprint density at radius 1 is 1.14 bits per heavy atom. The maximum Gasteiger partial charge on any atom is 0.0787 e. The van der Waals surface area contributed by atoms with Crippen molar-refractivity contribution in [1.82, 2.24) is 4.90 Å². The van der Waals surface area contributed by atoms with Crippen molar-refractivity contribution in [3.8, 4) is 0 Å². The van der Waals surface area contributed by atoms with E-state index in [2.05, 4.69) is 46.6 Å². The van der Waals surface area contributed by atoms with Crippen LogP contribution in [0.3, 0.4) is 0 Å². The number of hydrogen-bond donors (Lipinski definition) is 0. The molecular weight excluding hydrogens is 174 g/mol. The molecule has 1 rings (SSSR count). The van der Waals surface area contributed by atoms with Crippen molar-refractivity contribution in [2.24, 2.45) is 0 Å². The highest BCUT2D eigenvalue weighted by molar-refractivity contribution is 4.92. The van der Waals surface area contributed by atoms with Crippen molar-refractivity contribution in [2.45, 2.75) is 64.7 Å². The van der Waals surface area contributed by atoms with E-state index in [9.17, 15) is 0 Å². The highest BCUT2D eigenvalue weighted by atomic mass is 16.5. The third-order valence-electron chi connectivity index (χ3n) is 2.89. The number of ether oxygens (including phenoxy) is 1. The molecule has 0 amide bonds. The molecule has 14 heavy (non-hydrogen) atoms. The van der Waals surface area contributed by atoms with Crippen molar-refractivity contribution in [3.63, 3.8) is 0 Å². The summed E-state index contributed by atoms with van der Waals surface area (Å²) in [4.78, 5) is 2.42. The van der Waals surface area contributed by atoms with Crippen LogP contribution in [0.1, 0.15) is 47.5 Å². The van der Waals surface area contributed by atoms with Gasteiger partial charge in [-0.2, -0.15) is 0 Å². The van der Waals surface area contributed by atoms with Gasteiger partial charge in [0.1, 0.15) is 0 Å². The van der Waals surface area contributed by atoms with Crippen LogP contribution in [0, 0.1) is 0 Å². The van der Waals surface area contributed by atoms with E-state index in [1.807, 2.05) is 0 Å². The Balaban J connectivity index is 2.64. The molecule has 1 fully saturated rings. The lowest BCUT2D eigenvalue weighted by Gasteiger charge is -2.40. The Labute approximate surface area is 88.6 Å². The molecule has 0 aromatic heterocycles. The van der Waals surface area contributed by atoms with Crippen LogP contribution in [-0.2, 0) is 4.74 Å². The molecular formula is C12H25NO. The summed E-state index contributed by atoms with van der Waals surface area (Å²) in [5, 5.41) is 0. The second-order valence-corrected chi connectivity index (χ2v) is 5.96. The zero-order valence-corrected chi connectivity index (χ0v) is 10.6. The van der Waals surface area contributed by atoms with Crippen LogP contribution in [-0.4, -0.2) is 35.7 Å². The SMILES string of the molecule is CN1CCC[C@@H]1C(C)(C)OC(C)(C)C. The third kappa shape index (κ3) is 2.96. The van der Waals surface area contributed by atoms with E-state index in [1.54, 1.807) is 0 Å². The van der Waals surface area contributed by atoms with Gasteiger partial charge in [0.05, 0.1) is 11.2 Å². The second-order valence-electron chi connectivity index (χ2n) is 5.96. The molecule has 2 nitrogen and oxygen atoms in total. The van der Waals surface area contributed by atoms with E-state index in [0.29, 0.717) is 6.04 Å². The van der Waals surface area contributed by atoms with Gasteiger partial charge in [0.15, 0.2) is 0 Å². The van der Waals surface area contributed by atoms with E-state index in [0.717, 1.165) is 0 Å². The van der Waals surface area contributed by atoms with Crippen LogP contribution in [0.2, 0.25) is 0 Å². The molecule has 0 bridgehead atoms. The van der Waals surface area contributed by atoms with Gasteiger partial charge in [-0.05, 0) is 61.1 Å². The largest absolute Gasteiger partial charge is 0.368 e. The van der Waals surface area contributed by atoms with E-state index >= 15 is 0 Å². The summed E-state index contributed by atoms with van der Waals surface area (Å²) in [6.45, 7) is 12.0. The zero-order valence-electron chi connectivity index (χ0n) is 10.6. The summed E-state index contributed by atoms with van der Waals surface area (Å²) in [6, 6.07) is 0.571. The highest BCUT2D eigenvalue weighted by Crippen LogP contribution is 2.31. The fourth-order valence-corrected chi connectivity index (χ4v) is 2.65. The van der Waals surface area contributed by atoms with Crippen molar-refractivity contribution >= 4 is 0 Å². The molecule has 0 aromatic carbocycles. The summed E-state index contributed by atoms with van der Waals surface area (Å²) >= 11 is 0. The van der Waals surface area contributed by atoms with Crippen molar-refractivity contribution in [3.05, 3.63) is 0 Å². The monoisotopic (exact) mass is 199 g/mol. The van der Waals surface area contributed by atoms with Gasteiger partial charge in [0, 0.05) is 6.04 Å². The topological polar surface area (TPSA) is 12.5 Å². The van der Waals surface area contributed by atoms with Gasteiger partial charge in [0.25, 0.3) is 0 Å². The van der Waals surface area contributed by atoms with Gasteiger partial charge in [-0.1, -0.05) is 0 Å². The molecule has 1 atom stereocenters. The summed E-state index contributed by atoms with van der Waals surface area (Å²) in [5.41, 5.74) is -0.0869. The molecule has 0 saturated carbocycles. The Morgan fingerprint density at radius 2 is 1.71 bits per heavy atom. The molecule has 1 aliphatic rings. The standard InChI is InChI=1S/C12H25NO/c1-11(2,3)14-12(4,5)10-8-7-9-13(10)6/h10H,7-9H2,1-6H3/t10-/m1/s1. The Kier molecular flexibility index (Phi) is 3.27. The Bertz CT molecular complexity index is 193. The van der Waals surface area contributed by atoms with Gasteiger partial charge in [-0.25, -0.2) is 0 Å². The van der Waals surface area contributed by atoms with Crippen LogP contribution in [0.4, 0.5) is 0 Å². The van der Waals surface area contributed by atoms with Gasteiger partial charge in [0.2, 0.25) is 0 Å². The van der Waals surface area contributed by atoms with Gasteiger partial charge < -0.3 is 9.64 Å². The predicted octanol–water partition coefficient (Wildman–Crippen LogP) is 2.67. The number of hydrogen-bond acceptors (Lipinski definition) is 2. The lowest BCUT2D eigenvalue weighted by Crippen LogP contribution is -2.49. The minimum Gasteiger partial charge on any atom is -0.368 e. The average molecular weight is 199 g/mol. The first-order valence-corrected chi connectivity index (χ1v) is 5.63. The van der Waals surface area contributed by atoms with Crippen LogP contribution in [0.5, 0.6) is 0 Å². The zero-order chi connectivity index (χ0) is 11.0. The predicted molar refractivity (Wildman–Crippen MR) is 60.6 cm³/mol. The smallest absolute Gasteiger partial charge is 0.0787 e. The molecule has 0 radical (unpaired) electrons.